The molecule has 1 aromatic rings. The van der Waals surface area contributed by atoms with Crippen molar-refractivity contribution in [3.8, 4) is 18.1 Å². The summed E-state index contributed by atoms with van der Waals surface area (Å²) in [7, 11) is 0. The molecule has 0 aliphatic rings. The number of aromatic nitrogens is 2. The Bertz CT molecular complexity index is 446. The molecule has 0 aromatic carbocycles. The molecular formula is C12H17N3O2. The number of nitrogens with two attached hydrogens (primary N) is 1. The van der Waals surface area contributed by atoms with Gasteiger partial charge in [0.25, 0.3) is 5.56 Å². The first kappa shape index (κ1) is 13.3. The molecule has 17 heavy (non-hydrogen) atoms. The van der Waals surface area contributed by atoms with Crippen LogP contribution in [0.1, 0.15) is 19.8 Å². The smallest absolute Gasteiger partial charge is 0.270 e. The van der Waals surface area contributed by atoms with Crippen LogP contribution in [-0.2, 0) is 6.54 Å². The van der Waals surface area contributed by atoms with E-state index < -0.39 is 0 Å². The van der Waals surface area contributed by atoms with Crippen molar-refractivity contribution in [3.05, 3.63) is 22.6 Å². The Hall–Kier alpha value is -1.80. The van der Waals surface area contributed by atoms with Crippen molar-refractivity contribution < 1.29 is 4.74 Å². The number of unbranched alkanes of at least 4 members (excludes halogenated alkanes) is 1. The van der Waals surface area contributed by atoms with E-state index in [9.17, 15) is 4.79 Å². The summed E-state index contributed by atoms with van der Waals surface area (Å²) in [6.07, 6.45) is 8.02. The van der Waals surface area contributed by atoms with Gasteiger partial charge in [0.2, 0.25) is 0 Å². The van der Waals surface area contributed by atoms with Crippen LogP contribution in [0, 0.1) is 12.3 Å². The molecule has 0 fully saturated rings. The largest absolute Gasteiger partial charge is 0.490 e. The predicted octanol–water partition coefficient (Wildman–Crippen LogP) is 0.383. The summed E-state index contributed by atoms with van der Waals surface area (Å²) in [5.74, 6) is 2.96. The Morgan fingerprint density at radius 1 is 1.71 bits per heavy atom. The van der Waals surface area contributed by atoms with E-state index >= 15 is 0 Å². The second-order valence-electron chi connectivity index (χ2n) is 3.85. The quantitative estimate of drug-likeness (QED) is 0.571. The maximum atomic E-state index is 11.6. The molecule has 2 N–H and O–H groups in total. The molecule has 1 aromatic heterocycles. The maximum absolute atomic E-state index is 11.6. The topological polar surface area (TPSA) is 70.1 Å². The van der Waals surface area contributed by atoms with Crippen LogP contribution in [-0.4, -0.2) is 22.4 Å². The number of nitrogens with zero attached hydrogens (tertiary/aromatic N) is 2. The summed E-state index contributed by atoms with van der Waals surface area (Å²) < 4.78 is 6.67. The van der Waals surface area contributed by atoms with Crippen molar-refractivity contribution in [1.29, 1.82) is 0 Å². The summed E-state index contributed by atoms with van der Waals surface area (Å²) in [6.45, 7) is 2.72. The Morgan fingerprint density at radius 3 is 3.06 bits per heavy atom. The summed E-state index contributed by atoms with van der Waals surface area (Å²) in [4.78, 5) is 11.6. The first-order chi connectivity index (χ1) is 8.13. The Morgan fingerprint density at radius 2 is 2.47 bits per heavy atom. The zero-order valence-electron chi connectivity index (χ0n) is 9.93. The average Bonchev–Trinajstić information content (AvgIpc) is 2.29. The summed E-state index contributed by atoms with van der Waals surface area (Å²) >= 11 is 0. The molecule has 1 heterocycles. The van der Waals surface area contributed by atoms with Crippen LogP contribution in [0.15, 0.2) is 17.1 Å². The van der Waals surface area contributed by atoms with Crippen molar-refractivity contribution in [2.24, 2.45) is 5.73 Å². The minimum atomic E-state index is -0.191. The van der Waals surface area contributed by atoms with E-state index in [0.717, 1.165) is 6.42 Å². The fraction of sp³-hybridized carbons (Fsp3) is 0.500. The zero-order chi connectivity index (χ0) is 12.7. The number of terminal acetylenes is 1. The lowest BCUT2D eigenvalue weighted by atomic mass is 10.3. The maximum Gasteiger partial charge on any atom is 0.270 e. The molecule has 1 rings (SSSR count). The first-order valence-electron chi connectivity index (χ1n) is 5.52. The molecule has 0 saturated heterocycles. The molecule has 0 radical (unpaired) electrons. The number of aryl methyl sites for hydroxylation is 1. The highest BCUT2D eigenvalue weighted by molar-refractivity contribution is 5.13. The highest BCUT2D eigenvalue weighted by Crippen LogP contribution is 2.03. The molecule has 0 bridgehead atoms. The van der Waals surface area contributed by atoms with Crippen molar-refractivity contribution in [2.45, 2.75) is 32.4 Å². The third-order valence-corrected chi connectivity index (χ3v) is 2.05. The van der Waals surface area contributed by atoms with E-state index in [1.165, 1.54) is 16.9 Å². The Labute approximate surface area is 101 Å². The Balaban J connectivity index is 2.60. The lowest BCUT2D eigenvalue weighted by Gasteiger charge is -2.09. The molecule has 0 amide bonds. The fourth-order valence-corrected chi connectivity index (χ4v) is 1.22. The van der Waals surface area contributed by atoms with Gasteiger partial charge in [0.15, 0.2) is 0 Å². The van der Waals surface area contributed by atoms with Crippen molar-refractivity contribution in [1.82, 2.24) is 9.78 Å². The molecule has 5 nitrogen and oxygen atoms in total. The van der Waals surface area contributed by atoms with E-state index in [-0.39, 0.29) is 11.6 Å². The summed E-state index contributed by atoms with van der Waals surface area (Å²) in [5, 5.41) is 4.00. The van der Waals surface area contributed by atoms with Crippen molar-refractivity contribution >= 4 is 0 Å². The van der Waals surface area contributed by atoms with Gasteiger partial charge in [0.1, 0.15) is 12.4 Å². The molecule has 0 spiro atoms. The minimum Gasteiger partial charge on any atom is -0.490 e. The van der Waals surface area contributed by atoms with Crippen LogP contribution in [0.2, 0.25) is 0 Å². The Kier molecular flexibility index (Phi) is 5.24. The molecule has 0 saturated carbocycles. The summed E-state index contributed by atoms with van der Waals surface area (Å²) in [5.41, 5.74) is 5.35. The lowest BCUT2D eigenvalue weighted by Crippen LogP contribution is -2.26. The summed E-state index contributed by atoms with van der Waals surface area (Å²) in [6, 6.07) is 1.33. The van der Waals surface area contributed by atoms with E-state index in [1.54, 1.807) is 0 Å². The molecule has 5 heteroatoms. The number of hydrogen-bond acceptors (Lipinski definition) is 4. The molecule has 1 unspecified atom stereocenters. The number of ether oxygens (including phenoxy) is 1. The molecule has 92 valence electrons. The van der Waals surface area contributed by atoms with E-state index in [0.29, 0.717) is 25.3 Å². The SMILES string of the molecule is C#CCCCn1ncc(OCC(C)N)cc1=O. The van der Waals surface area contributed by atoms with Crippen LogP contribution in [0.25, 0.3) is 0 Å². The molecule has 0 aliphatic heterocycles. The van der Waals surface area contributed by atoms with Gasteiger partial charge in [-0.25, -0.2) is 4.68 Å². The van der Waals surface area contributed by atoms with E-state index in [2.05, 4.69) is 11.0 Å². The van der Waals surface area contributed by atoms with E-state index in [4.69, 9.17) is 16.9 Å². The van der Waals surface area contributed by atoms with Crippen LogP contribution < -0.4 is 16.0 Å². The van der Waals surface area contributed by atoms with Gasteiger partial charge in [0, 0.05) is 25.1 Å². The van der Waals surface area contributed by atoms with Gasteiger partial charge in [-0.3, -0.25) is 4.79 Å². The van der Waals surface area contributed by atoms with Crippen LogP contribution in [0.4, 0.5) is 0 Å². The van der Waals surface area contributed by atoms with Crippen molar-refractivity contribution in [2.75, 3.05) is 6.61 Å². The third kappa shape index (κ3) is 4.70. The minimum absolute atomic E-state index is 0.0759. The van der Waals surface area contributed by atoms with Crippen LogP contribution in [0.5, 0.6) is 5.75 Å². The second-order valence-corrected chi connectivity index (χ2v) is 3.85. The highest BCUT2D eigenvalue weighted by Gasteiger charge is 2.02. The van der Waals surface area contributed by atoms with Gasteiger partial charge in [0.05, 0.1) is 6.20 Å². The number of hydrogen-bond donors (Lipinski definition) is 1. The van der Waals surface area contributed by atoms with Gasteiger partial charge in [-0.05, 0) is 13.3 Å². The van der Waals surface area contributed by atoms with Crippen molar-refractivity contribution in [3.63, 3.8) is 0 Å². The van der Waals surface area contributed by atoms with Gasteiger partial charge in [-0.1, -0.05) is 0 Å². The highest BCUT2D eigenvalue weighted by atomic mass is 16.5. The first-order valence-corrected chi connectivity index (χ1v) is 5.52. The molecule has 1 atom stereocenters. The lowest BCUT2D eigenvalue weighted by molar-refractivity contribution is 0.292. The monoisotopic (exact) mass is 235 g/mol. The zero-order valence-corrected chi connectivity index (χ0v) is 9.93. The van der Waals surface area contributed by atoms with Crippen LogP contribution >= 0.6 is 0 Å². The van der Waals surface area contributed by atoms with Gasteiger partial charge >= 0.3 is 0 Å². The molecular weight excluding hydrogens is 218 g/mol. The van der Waals surface area contributed by atoms with Gasteiger partial charge in [-0.2, -0.15) is 5.10 Å². The standard InChI is InChI=1S/C12H17N3O2/c1-3-4-5-6-15-12(16)7-11(8-14-15)17-9-10(2)13/h1,7-8,10H,4-6,9,13H2,2H3. The van der Waals surface area contributed by atoms with E-state index in [1.807, 2.05) is 6.92 Å². The van der Waals surface area contributed by atoms with Crippen LogP contribution in [0.3, 0.4) is 0 Å². The fourth-order valence-electron chi connectivity index (χ4n) is 1.22. The molecule has 0 aliphatic carbocycles. The average molecular weight is 235 g/mol. The number of rotatable bonds is 6. The van der Waals surface area contributed by atoms with Gasteiger partial charge in [-0.15, -0.1) is 12.3 Å². The third-order valence-electron chi connectivity index (χ3n) is 2.05. The van der Waals surface area contributed by atoms with Gasteiger partial charge < -0.3 is 10.5 Å². The predicted molar refractivity (Wildman–Crippen MR) is 65.7 cm³/mol. The normalized spacial score (nSPS) is 11.8. The second kappa shape index (κ2) is 6.71.